The molecule has 2 nitrogen and oxygen atoms in total. The molecule has 0 atom stereocenters. The molecule has 0 radical (unpaired) electrons. The first-order valence-corrected chi connectivity index (χ1v) is 7.06. The zero-order chi connectivity index (χ0) is 15.2. The zero-order valence-corrected chi connectivity index (χ0v) is 12.5. The monoisotopic (exact) mass is 304 g/mol. The summed E-state index contributed by atoms with van der Waals surface area (Å²) in [5.41, 5.74) is 1.39. The fourth-order valence-electron chi connectivity index (χ4n) is 2.59. The molecule has 21 heavy (non-hydrogen) atoms. The lowest BCUT2D eigenvalue weighted by molar-refractivity contribution is 0.103. The molecule has 0 bridgehead atoms. The van der Waals surface area contributed by atoms with Crippen LogP contribution in [0.3, 0.4) is 0 Å². The largest absolute Gasteiger partial charge is 0.487 e. The smallest absolute Gasteiger partial charge is 0.194 e. The first kappa shape index (κ1) is 14.1. The molecule has 0 N–H and O–H groups in total. The minimum atomic E-state index is -0.590. The van der Waals surface area contributed by atoms with Gasteiger partial charge in [0, 0.05) is 17.5 Å². The summed E-state index contributed by atoms with van der Waals surface area (Å²) in [6.45, 7) is 4.00. The Bertz CT molecular complexity index is 738. The van der Waals surface area contributed by atoms with Gasteiger partial charge in [0.1, 0.15) is 17.2 Å². The van der Waals surface area contributed by atoms with Gasteiger partial charge in [0.05, 0.1) is 5.02 Å². The first-order valence-electron chi connectivity index (χ1n) is 6.68. The van der Waals surface area contributed by atoms with Crippen molar-refractivity contribution in [2.24, 2.45) is 0 Å². The Morgan fingerprint density at radius 2 is 2.05 bits per heavy atom. The molecule has 1 aliphatic heterocycles. The molecule has 1 aliphatic rings. The van der Waals surface area contributed by atoms with Gasteiger partial charge in [0.25, 0.3) is 0 Å². The Labute approximate surface area is 127 Å². The molecule has 0 saturated carbocycles. The van der Waals surface area contributed by atoms with E-state index in [1.807, 2.05) is 13.8 Å². The van der Waals surface area contributed by atoms with Crippen molar-refractivity contribution in [3.05, 3.63) is 63.9 Å². The molecule has 0 amide bonds. The van der Waals surface area contributed by atoms with Gasteiger partial charge < -0.3 is 4.74 Å². The number of halogens is 2. The van der Waals surface area contributed by atoms with Crippen molar-refractivity contribution in [3.8, 4) is 5.75 Å². The third-order valence-corrected chi connectivity index (χ3v) is 3.91. The van der Waals surface area contributed by atoms with Crippen LogP contribution in [-0.2, 0) is 6.42 Å². The van der Waals surface area contributed by atoms with Crippen LogP contribution in [0.15, 0.2) is 36.4 Å². The predicted octanol–water partition coefficient (Wildman–Crippen LogP) is 4.42. The van der Waals surface area contributed by atoms with Crippen molar-refractivity contribution in [1.29, 1.82) is 0 Å². The number of carbonyl (C=O) groups is 1. The average Bonchev–Trinajstić information content (AvgIpc) is 2.73. The second-order valence-electron chi connectivity index (χ2n) is 5.79. The molecule has 108 valence electrons. The molecular weight excluding hydrogens is 291 g/mol. The number of carbonyl (C=O) groups excluding carboxylic acids is 1. The maximum Gasteiger partial charge on any atom is 0.194 e. The molecule has 2 aromatic rings. The standard InChI is InChI=1S/C17H14ClFO2/c1-17(2)9-11-8-10(6-7-14(11)21-17)16(20)12-4-3-5-13(19)15(12)18/h3-8H,9H2,1-2H3. The number of ether oxygens (including phenoxy) is 1. The average molecular weight is 305 g/mol. The van der Waals surface area contributed by atoms with Crippen LogP contribution in [0.1, 0.15) is 35.3 Å². The van der Waals surface area contributed by atoms with Gasteiger partial charge in [-0.3, -0.25) is 4.79 Å². The summed E-state index contributed by atoms with van der Waals surface area (Å²) in [5.74, 6) is -0.0814. The van der Waals surface area contributed by atoms with Gasteiger partial charge in [-0.2, -0.15) is 0 Å². The second kappa shape index (κ2) is 4.85. The number of benzene rings is 2. The molecule has 0 aliphatic carbocycles. The maximum absolute atomic E-state index is 13.5. The van der Waals surface area contributed by atoms with Gasteiger partial charge in [-0.1, -0.05) is 17.7 Å². The Morgan fingerprint density at radius 3 is 2.81 bits per heavy atom. The minimum absolute atomic E-state index is 0.139. The molecule has 3 rings (SSSR count). The van der Waals surface area contributed by atoms with Gasteiger partial charge in [0.2, 0.25) is 0 Å². The van der Waals surface area contributed by atoms with E-state index in [-0.39, 0.29) is 22.0 Å². The van der Waals surface area contributed by atoms with E-state index < -0.39 is 5.82 Å². The lowest BCUT2D eigenvalue weighted by atomic mass is 9.97. The molecule has 0 spiro atoms. The molecule has 0 fully saturated rings. The third kappa shape index (κ3) is 2.54. The van der Waals surface area contributed by atoms with E-state index in [1.54, 1.807) is 18.2 Å². The molecule has 2 aromatic carbocycles. The van der Waals surface area contributed by atoms with Crippen LogP contribution in [0.25, 0.3) is 0 Å². The number of fused-ring (bicyclic) bond motifs is 1. The number of ketones is 1. The SMILES string of the molecule is CC1(C)Cc2cc(C(=O)c3cccc(F)c3Cl)ccc2O1. The summed E-state index contributed by atoms with van der Waals surface area (Å²) in [7, 11) is 0. The summed E-state index contributed by atoms with van der Waals surface area (Å²) in [6, 6.07) is 9.51. The van der Waals surface area contributed by atoms with Crippen molar-refractivity contribution in [2.75, 3.05) is 0 Å². The third-order valence-electron chi connectivity index (χ3n) is 3.52. The van der Waals surface area contributed by atoms with Crippen LogP contribution in [0.4, 0.5) is 4.39 Å². The Kier molecular flexibility index (Phi) is 3.25. The fourth-order valence-corrected chi connectivity index (χ4v) is 2.80. The zero-order valence-electron chi connectivity index (χ0n) is 11.7. The van der Waals surface area contributed by atoms with Crippen molar-refractivity contribution in [2.45, 2.75) is 25.9 Å². The first-order chi connectivity index (χ1) is 9.87. The van der Waals surface area contributed by atoms with Crippen molar-refractivity contribution < 1.29 is 13.9 Å². The second-order valence-corrected chi connectivity index (χ2v) is 6.17. The highest BCUT2D eigenvalue weighted by Crippen LogP contribution is 2.35. The Hall–Kier alpha value is -1.87. The molecule has 4 heteroatoms. The van der Waals surface area contributed by atoms with Gasteiger partial charge >= 0.3 is 0 Å². The molecule has 0 unspecified atom stereocenters. The lowest BCUT2D eigenvalue weighted by Crippen LogP contribution is -2.24. The minimum Gasteiger partial charge on any atom is -0.487 e. The quantitative estimate of drug-likeness (QED) is 0.768. The van der Waals surface area contributed by atoms with E-state index >= 15 is 0 Å². The van der Waals surface area contributed by atoms with E-state index in [0.29, 0.717) is 5.56 Å². The van der Waals surface area contributed by atoms with Crippen LogP contribution in [0.5, 0.6) is 5.75 Å². The van der Waals surface area contributed by atoms with Gasteiger partial charge in [-0.25, -0.2) is 4.39 Å². The Balaban J connectivity index is 1.99. The molecule has 1 heterocycles. The van der Waals surface area contributed by atoms with E-state index in [2.05, 4.69) is 0 Å². The highest BCUT2D eigenvalue weighted by atomic mass is 35.5. The van der Waals surface area contributed by atoms with Crippen molar-refractivity contribution in [1.82, 2.24) is 0 Å². The molecule has 0 saturated heterocycles. The summed E-state index contributed by atoms with van der Waals surface area (Å²) in [5, 5.41) is -0.139. The fraction of sp³-hybridized carbons (Fsp3) is 0.235. The van der Waals surface area contributed by atoms with Crippen molar-refractivity contribution in [3.63, 3.8) is 0 Å². The summed E-state index contributed by atoms with van der Waals surface area (Å²) in [6.07, 6.45) is 0.736. The van der Waals surface area contributed by atoms with Crippen LogP contribution in [0.2, 0.25) is 5.02 Å². The van der Waals surface area contributed by atoms with Crippen LogP contribution in [-0.4, -0.2) is 11.4 Å². The number of rotatable bonds is 2. The van der Waals surface area contributed by atoms with E-state index in [1.165, 1.54) is 18.2 Å². The van der Waals surface area contributed by atoms with E-state index in [9.17, 15) is 9.18 Å². The Morgan fingerprint density at radius 1 is 1.29 bits per heavy atom. The number of hydrogen-bond donors (Lipinski definition) is 0. The topological polar surface area (TPSA) is 26.3 Å². The van der Waals surface area contributed by atoms with Crippen LogP contribution in [0, 0.1) is 5.82 Å². The summed E-state index contributed by atoms with van der Waals surface area (Å²) < 4.78 is 19.3. The molecule has 0 aromatic heterocycles. The normalized spacial score (nSPS) is 15.4. The van der Waals surface area contributed by atoms with Crippen molar-refractivity contribution >= 4 is 17.4 Å². The number of hydrogen-bond acceptors (Lipinski definition) is 2. The summed E-state index contributed by atoms with van der Waals surface area (Å²) in [4.78, 5) is 12.5. The van der Waals surface area contributed by atoms with Crippen LogP contribution < -0.4 is 4.74 Å². The summed E-state index contributed by atoms with van der Waals surface area (Å²) >= 11 is 5.88. The van der Waals surface area contributed by atoms with Gasteiger partial charge in [-0.05, 0) is 49.7 Å². The van der Waals surface area contributed by atoms with E-state index in [4.69, 9.17) is 16.3 Å². The highest BCUT2D eigenvalue weighted by molar-refractivity contribution is 6.35. The maximum atomic E-state index is 13.5. The van der Waals surface area contributed by atoms with Crippen LogP contribution >= 0.6 is 11.6 Å². The lowest BCUT2D eigenvalue weighted by Gasteiger charge is -2.16. The highest BCUT2D eigenvalue weighted by Gasteiger charge is 2.30. The molecular formula is C17H14ClFO2. The predicted molar refractivity (Wildman–Crippen MR) is 79.7 cm³/mol. The van der Waals surface area contributed by atoms with E-state index in [0.717, 1.165) is 17.7 Å². The van der Waals surface area contributed by atoms with Gasteiger partial charge in [0.15, 0.2) is 5.78 Å². The van der Waals surface area contributed by atoms with Gasteiger partial charge in [-0.15, -0.1) is 0 Å².